The first kappa shape index (κ1) is 44.3. The molecule has 2 heterocycles. The molecule has 0 saturated carbocycles. The highest BCUT2D eigenvalue weighted by Gasteiger charge is 2.38. The summed E-state index contributed by atoms with van der Waals surface area (Å²) in [7, 11) is 0. The number of rotatable bonds is 6. The number of fused-ring (bicyclic) bond motifs is 7. The van der Waals surface area contributed by atoms with Crippen molar-refractivity contribution < 1.29 is 4.74 Å². The molecule has 0 bridgehead atoms. The minimum atomic E-state index is -0.295. The van der Waals surface area contributed by atoms with Crippen LogP contribution in [0.4, 0.5) is 34.1 Å². The summed E-state index contributed by atoms with van der Waals surface area (Å²) in [5, 5.41) is 12.3. The van der Waals surface area contributed by atoms with E-state index in [9.17, 15) is 0 Å². The summed E-state index contributed by atoms with van der Waals surface area (Å²) >= 11 is 0. The number of hydrogen-bond acceptors (Lipinski definition) is 3. The Kier molecular flexibility index (Phi) is 9.68. The lowest BCUT2D eigenvalue weighted by Crippen LogP contribution is -2.30. The molecule has 0 radical (unpaired) electrons. The van der Waals surface area contributed by atoms with Gasteiger partial charge >= 0.3 is 0 Å². The quantitative estimate of drug-likeness (QED) is 0.154. The van der Waals surface area contributed by atoms with Gasteiger partial charge in [0.1, 0.15) is 0 Å². The number of hydrogen-bond donors (Lipinski definition) is 0. The zero-order valence-corrected chi connectivity index (χ0v) is 43.2. The lowest BCUT2D eigenvalue weighted by Gasteiger charge is -2.42. The highest BCUT2D eigenvalue weighted by Crippen LogP contribution is 2.57. The first-order valence-corrected chi connectivity index (χ1v) is 27.1. The minimum absolute atomic E-state index is 0.295. The Morgan fingerprint density at radius 3 is 1.63 bits per heavy atom. The fourth-order valence-corrected chi connectivity index (χ4v) is 13.2. The van der Waals surface area contributed by atoms with Gasteiger partial charge in [-0.3, -0.25) is 0 Å². The van der Waals surface area contributed by atoms with Gasteiger partial charge in [0.25, 0.3) is 0 Å². The normalized spacial score (nSPS) is 13.4. The summed E-state index contributed by atoms with van der Waals surface area (Å²) in [6.07, 6.45) is 0. The van der Waals surface area contributed by atoms with Crippen LogP contribution in [0.3, 0.4) is 0 Å². The predicted octanol–water partition coefficient (Wildman–Crippen LogP) is 21.2. The van der Waals surface area contributed by atoms with E-state index in [-0.39, 0.29) is 5.41 Å². The van der Waals surface area contributed by atoms with Gasteiger partial charge in [-0.05, 0) is 159 Å². The molecule has 3 heteroatoms. The van der Waals surface area contributed by atoms with Crippen LogP contribution in [0.2, 0.25) is 0 Å². The second-order valence-corrected chi connectivity index (χ2v) is 21.6. The summed E-state index contributed by atoms with van der Waals surface area (Å²) in [4.78, 5) is 4.89. The van der Waals surface area contributed by atoms with E-state index in [0.29, 0.717) is 0 Å². The highest BCUT2D eigenvalue weighted by molar-refractivity contribution is 6.27. The molecule has 78 heavy (non-hydrogen) atoms. The number of anilines is 6. The van der Waals surface area contributed by atoms with Crippen LogP contribution < -0.4 is 14.5 Å². The van der Waals surface area contributed by atoms with E-state index in [1.54, 1.807) is 0 Å². The number of benzene rings is 14. The Bertz CT molecular complexity index is 4760. The van der Waals surface area contributed by atoms with E-state index in [2.05, 4.69) is 291 Å². The molecule has 16 rings (SSSR count). The van der Waals surface area contributed by atoms with E-state index in [0.717, 1.165) is 56.1 Å². The zero-order chi connectivity index (χ0) is 51.6. The van der Waals surface area contributed by atoms with Crippen molar-refractivity contribution in [2.75, 3.05) is 9.80 Å². The van der Waals surface area contributed by atoms with Crippen molar-refractivity contribution in [3.05, 3.63) is 278 Å². The van der Waals surface area contributed by atoms with Gasteiger partial charge in [-0.15, -0.1) is 0 Å². The lowest BCUT2D eigenvalue weighted by molar-refractivity contribution is 0.483. The van der Waals surface area contributed by atoms with Crippen LogP contribution in [0, 0.1) is 0 Å². The van der Waals surface area contributed by atoms with Gasteiger partial charge in [0.2, 0.25) is 0 Å². The van der Waals surface area contributed by atoms with Gasteiger partial charge in [0.05, 0.1) is 28.4 Å². The zero-order valence-electron chi connectivity index (χ0n) is 43.2. The maximum atomic E-state index is 6.96. The summed E-state index contributed by atoms with van der Waals surface area (Å²) < 4.78 is 6.96. The monoisotopic (exact) mass is 994 g/mol. The smallest absolute Gasteiger partial charge is 0.159 e. The fraction of sp³-hybridized carbons (Fsp3) is 0.0400. The van der Waals surface area contributed by atoms with Gasteiger partial charge in [0, 0.05) is 21.9 Å². The van der Waals surface area contributed by atoms with Crippen molar-refractivity contribution in [2.45, 2.75) is 19.3 Å². The molecule has 0 aromatic heterocycles. The van der Waals surface area contributed by atoms with Crippen molar-refractivity contribution in [3.8, 4) is 56.0 Å². The third-order valence-electron chi connectivity index (χ3n) is 16.9. The standard InChI is InChI=1S/C75H50N2O/c1-75(2)64-26-10-11-27-67(64)76(57-23-13-22-56(44-57)59-37-30-51-31-38-62-58(36-29-50-32-39-63(59)73(51)72(50)62)55-21-12-20-52(43-55)47-15-4-3-5-16-47)68-40-34-53(45-65(68)75)54-35-42-71-70(46-54)77(66-28-14-19-48-17-6-8-24-60(48)66)69-41-33-49-18-7-9-25-61(49)74(69)78-71/h3-46H,1-2H3. The number of para-hydroxylation sites is 1. The molecule has 366 valence electrons. The van der Waals surface area contributed by atoms with Crippen LogP contribution in [-0.2, 0) is 5.41 Å². The molecule has 14 aromatic rings. The molecule has 0 aliphatic carbocycles. The van der Waals surface area contributed by atoms with Gasteiger partial charge in [-0.25, -0.2) is 0 Å². The average molecular weight is 995 g/mol. The Hall–Kier alpha value is -9.96. The molecule has 0 saturated heterocycles. The van der Waals surface area contributed by atoms with Crippen molar-refractivity contribution in [1.29, 1.82) is 0 Å². The van der Waals surface area contributed by atoms with Crippen molar-refractivity contribution in [1.82, 2.24) is 0 Å². The Labute approximate surface area is 453 Å². The second-order valence-electron chi connectivity index (χ2n) is 21.6. The average Bonchev–Trinajstić information content (AvgIpc) is 3.66. The Morgan fingerprint density at radius 2 is 0.833 bits per heavy atom. The summed E-state index contributed by atoms with van der Waals surface area (Å²) in [6, 6.07) is 98.3. The maximum Gasteiger partial charge on any atom is 0.159 e. The Morgan fingerprint density at radius 1 is 0.295 bits per heavy atom. The van der Waals surface area contributed by atoms with E-state index in [1.165, 1.54) is 99.0 Å². The molecule has 0 fully saturated rings. The largest absolute Gasteiger partial charge is 0.452 e. The molecular weight excluding hydrogens is 945 g/mol. The van der Waals surface area contributed by atoms with E-state index >= 15 is 0 Å². The first-order chi connectivity index (χ1) is 38.4. The molecule has 14 aromatic carbocycles. The predicted molar refractivity (Wildman–Crippen MR) is 328 cm³/mol. The molecule has 3 nitrogen and oxygen atoms in total. The molecule has 2 aliphatic rings. The summed E-state index contributed by atoms with van der Waals surface area (Å²) in [5.41, 5.74) is 18.5. The topological polar surface area (TPSA) is 15.7 Å². The van der Waals surface area contributed by atoms with E-state index in [1.807, 2.05) is 0 Å². The second kappa shape index (κ2) is 17.0. The summed E-state index contributed by atoms with van der Waals surface area (Å²) in [6.45, 7) is 4.76. The van der Waals surface area contributed by atoms with Crippen molar-refractivity contribution in [2.24, 2.45) is 0 Å². The van der Waals surface area contributed by atoms with Crippen LogP contribution >= 0.6 is 0 Å². The van der Waals surface area contributed by atoms with Crippen LogP contribution in [0.1, 0.15) is 25.0 Å². The maximum absolute atomic E-state index is 6.96. The summed E-state index contributed by atoms with van der Waals surface area (Å²) in [5.74, 6) is 1.70. The van der Waals surface area contributed by atoms with Crippen LogP contribution in [-0.4, -0.2) is 0 Å². The highest BCUT2D eigenvalue weighted by atomic mass is 16.5. The van der Waals surface area contributed by atoms with Gasteiger partial charge in [-0.2, -0.15) is 0 Å². The van der Waals surface area contributed by atoms with E-state index < -0.39 is 0 Å². The van der Waals surface area contributed by atoms with Crippen molar-refractivity contribution in [3.63, 3.8) is 0 Å². The molecule has 0 unspecified atom stereocenters. The molecule has 0 amide bonds. The van der Waals surface area contributed by atoms with Crippen molar-refractivity contribution >= 4 is 88.0 Å². The van der Waals surface area contributed by atoms with Crippen LogP contribution in [0.15, 0.2) is 267 Å². The lowest BCUT2D eigenvalue weighted by atomic mass is 9.73. The fourth-order valence-electron chi connectivity index (χ4n) is 13.2. The molecule has 0 N–H and O–H groups in total. The number of ether oxygens (including phenoxy) is 1. The van der Waals surface area contributed by atoms with Gasteiger partial charge in [0.15, 0.2) is 11.5 Å². The third kappa shape index (κ3) is 6.71. The molecule has 2 aliphatic heterocycles. The van der Waals surface area contributed by atoms with Gasteiger partial charge < -0.3 is 14.5 Å². The molecule has 0 spiro atoms. The number of nitrogens with zero attached hydrogens (tertiary/aromatic N) is 2. The Balaban J connectivity index is 0.812. The van der Waals surface area contributed by atoms with Crippen LogP contribution in [0.25, 0.3) is 98.4 Å². The SMILES string of the molecule is CC1(C)c2ccccc2N(c2cccc(-c3ccc4ccc5c(-c6cccc(-c7ccccc7)c6)ccc6ccc3c4c65)c2)c2ccc(-c3ccc4c(c3)N(c3cccc5ccccc35)c3ccc5ccccc5c3O4)cc21. The van der Waals surface area contributed by atoms with E-state index in [4.69, 9.17) is 4.74 Å². The van der Waals surface area contributed by atoms with Gasteiger partial charge in [-0.1, -0.05) is 220 Å². The third-order valence-corrected chi connectivity index (χ3v) is 16.9. The molecular formula is C75H50N2O. The molecule has 0 atom stereocenters. The van der Waals surface area contributed by atoms with Crippen LogP contribution in [0.5, 0.6) is 11.5 Å². The first-order valence-electron chi connectivity index (χ1n) is 27.1. The minimum Gasteiger partial charge on any atom is -0.452 e.